The van der Waals surface area contributed by atoms with Gasteiger partial charge in [0.1, 0.15) is 24.0 Å². The highest BCUT2D eigenvalue weighted by molar-refractivity contribution is 5.85. The second kappa shape index (κ2) is 5.45. The van der Waals surface area contributed by atoms with Crippen molar-refractivity contribution in [3.8, 4) is 5.75 Å². The summed E-state index contributed by atoms with van der Waals surface area (Å²) in [5.74, 6) is 0.0557. The van der Waals surface area contributed by atoms with Crippen molar-refractivity contribution in [1.29, 1.82) is 0 Å². The number of aromatic nitrogens is 3. The first-order valence-corrected chi connectivity index (χ1v) is 6.02. The molecule has 3 aromatic rings. The second-order valence-electron chi connectivity index (χ2n) is 4.15. The molecule has 21 heavy (non-hydrogen) atoms. The predicted octanol–water partition coefficient (Wildman–Crippen LogP) is 0.534. The van der Waals surface area contributed by atoms with Gasteiger partial charge in [0.2, 0.25) is 0 Å². The van der Waals surface area contributed by atoms with E-state index in [0.29, 0.717) is 11.3 Å². The number of carbonyl (C=O) groups is 1. The first kappa shape index (κ1) is 12.9. The summed E-state index contributed by atoms with van der Waals surface area (Å²) in [6.07, 6.45) is 2.70. The molecule has 2 heterocycles. The van der Waals surface area contributed by atoms with Gasteiger partial charge in [0, 0.05) is 17.5 Å². The number of benzene rings is 1. The highest BCUT2D eigenvalue weighted by Crippen LogP contribution is 2.19. The summed E-state index contributed by atoms with van der Waals surface area (Å²) in [4.78, 5) is 22.8. The maximum atomic E-state index is 11.6. The lowest BCUT2D eigenvalue weighted by Crippen LogP contribution is -2.26. The number of hydrogen-bond acceptors (Lipinski definition) is 6. The molecule has 0 unspecified atom stereocenters. The minimum Gasteiger partial charge on any atom is -0.484 e. The fraction of sp³-hybridized carbons (Fsp3) is 0.0769. The highest BCUT2D eigenvalue weighted by Gasteiger charge is 2.05. The Morgan fingerprint density at radius 3 is 2.81 bits per heavy atom. The third kappa shape index (κ3) is 3.06. The largest absolute Gasteiger partial charge is 0.484 e. The van der Waals surface area contributed by atoms with Crippen LogP contribution in [0.15, 0.2) is 52.2 Å². The van der Waals surface area contributed by atoms with E-state index in [0.717, 1.165) is 5.39 Å². The SMILES string of the molecule is O=C(COc1ccc2ccc(=O)oc2c1)Nn1cnnc1. The summed E-state index contributed by atoms with van der Waals surface area (Å²) in [7, 11) is 0. The number of hydrogen-bond donors (Lipinski definition) is 1. The van der Waals surface area contributed by atoms with E-state index in [-0.39, 0.29) is 12.5 Å². The third-order valence-electron chi connectivity index (χ3n) is 2.64. The Labute approximate surface area is 117 Å². The van der Waals surface area contributed by atoms with E-state index in [4.69, 9.17) is 9.15 Å². The predicted molar refractivity (Wildman–Crippen MR) is 72.4 cm³/mol. The van der Waals surface area contributed by atoms with Crippen LogP contribution in [-0.2, 0) is 4.79 Å². The quantitative estimate of drug-likeness (QED) is 0.702. The molecule has 0 spiro atoms. The van der Waals surface area contributed by atoms with Gasteiger partial charge in [0.15, 0.2) is 6.61 Å². The minimum atomic E-state index is -0.440. The van der Waals surface area contributed by atoms with Crippen LogP contribution >= 0.6 is 0 Å². The van der Waals surface area contributed by atoms with Crippen LogP contribution in [0.5, 0.6) is 5.75 Å². The smallest absolute Gasteiger partial charge is 0.336 e. The van der Waals surface area contributed by atoms with Crippen molar-refractivity contribution in [2.75, 3.05) is 12.0 Å². The molecule has 0 fully saturated rings. The molecule has 2 aromatic heterocycles. The monoisotopic (exact) mass is 286 g/mol. The van der Waals surface area contributed by atoms with Gasteiger partial charge in [-0.3, -0.25) is 10.2 Å². The molecular weight excluding hydrogens is 276 g/mol. The van der Waals surface area contributed by atoms with Crippen LogP contribution in [0.4, 0.5) is 0 Å². The fourth-order valence-electron chi connectivity index (χ4n) is 1.71. The van der Waals surface area contributed by atoms with Crippen LogP contribution in [0.3, 0.4) is 0 Å². The topological polar surface area (TPSA) is 99.2 Å². The molecule has 1 aromatic carbocycles. The van der Waals surface area contributed by atoms with E-state index in [2.05, 4.69) is 15.6 Å². The summed E-state index contributed by atoms with van der Waals surface area (Å²) < 4.78 is 11.7. The van der Waals surface area contributed by atoms with Crippen molar-refractivity contribution in [2.45, 2.75) is 0 Å². The molecule has 0 aliphatic carbocycles. The lowest BCUT2D eigenvalue weighted by Gasteiger charge is -2.07. The summed E-state index contributed by atoms with van der Waals surface area (Å²) >= 11 is 0. The van der Waals surface area contributed by atoms with E-state index < -0.39 is 5.63 Å². The van der Waals surface area contributed by atoms with Gasteiger partial charge in [-0.25, -0.2) is 9.47 Å². The molecule has 0 aliphatic heterocycles. The normalized spacial score (nSPS) is 10.5. The molecule has 0 aliphatic rings. The van der Waals surface area contributed by atoms with Crippen molar-refractivity contribution in [2.24, 2.45) is 0 Å². The number of amides is 1. The first-order valence-electron chi connectivity index (χ1n) is 6.02. The Kier molecular flexibility index (Phi) is 3.34. The summed E-state index contributed by atoms with van der Waals surface area (Å²) in [6, 6.07) is 7.99. The van der Waals surface area contributed by atoms with E-state index >= 15 is 0 Å². The number of nitrogens with one attached hydrogen (secondary N) is 1. The lowest BCUT2D eigenvalue weighted by molar-refractivity contribution is -0.119. The average Bonchev–Trinajstić information content (AvgIpc) is 2.97. The van der Waals surface area contributed by atoms with Crippen LogP contribution in [0.1, 0.15) is 0 Å². The summed E-state index contributed by atoms with van der Waals surface area (Å²) in [6.45, 7) is -0.194. The van der Waals surface area contributed by atoms with Crippen molar-refractivity contribution >= 4 is 16.9 Å². The number of fused-ring (bicyclic) bond motifs is 1. The standard InChI is InChI=1S/C13H10N4O4/c18-12(16-17-7-14-15-8-17)6-20-10-3-1-9-2-4-13(19)21-11(9)5-10/h1-5,7-8H,6H2,(H,16,18). The summed E-state index contributed by atoms with van der Waals surface area (Å²) in [5.41, 5.74) is 2.45. The van der Waals surface area contributed by atoms with Crippen LogP contribution in [0.2, 0.25) is 0 Å². The van der Waals surface area contributed by atoms with Gasteiger partial charge in [-0.2, -0.15) is 0 Å². The minimum absolute atomic E-state index is 0.194. The zero-order valence-corrected chi connectivity index (χ0v) is 10.7. The molecular formula is C13H10N4O4. The molecule has 8 nitrogen and oxygen atoms in total. The van der Waals surface area contributed by atoms with Gasteiger partial charge in [0.25, 0.3) is 5.91 Å². The molecule has 106 valence electrons. The number of carbonyl (C=O) groups excluding carboxylic acids is 1. The van der Waals surface area contributed by atoms with Crippen molar-refractivity contribution in [3.63, 3.8) is 0 Å². The molecule has 0 radical (unpaired) electrons. The lowest BCUT2D eigenvalue weighted by atomic mass is 10.2. The van der Waals surface area contributed by atoms with Gasteiger partial charge in [-0.1, -0.05) is 0 Å². The van der Waals surface area contributed by atoms with Crippen LogP contribution < -0.4 is 15.8 Å². The maximum absolute atomic E-state index is 11.6. The molecule has 8 heteroatoms. The fourth-order valence-corrected chi connectivity index (χ4v) is 1.71. The Morgan fingerprint density at radius 1 is 1.24 bits per heavy atom. The van der Waals surface area contributed by atoms with Gasteiger partial charge >= 0.3 is 5.63 Å². The molecule has 0 atom stereocenters. The van der Waals surface area contributed by atoms with Crippen LogP contribution in [0.25, 0.3) is 11.0 Å². The summed E-state index contributed by atoms with van der Waals surface area (Å²) in [5, 5.41) is 7.88. The third-order valence-corrected chi connectivity index (χ3v) is 2.64. The molecule has 0 saturated heterocycles. The Balaban J connectivity index is 1.67. The van der Waals surface area contributed by atoms with Crippen molar-refractivity contribution in [3.05, 3.63) is 53.4 Å². The number of ether oxygens (including phenoxy) is 1. The Hall–Kier alpha value is -3.16. The first-order chi connectivity index (χ1) is 10.2. The molecule has 0 saturated carbocycles. The van der Waals surface area contributed by atoms with E-state index in [1.165, 1.54) is 23.4 Å². The van der Waals surface area contributed by atoms with Crippen molar-refractivity contribution in [1.82, 2.24) is 14.9 Å². The average molecular weight is 286 g/mol. The zero-order valence-electron chi connectivity index (χ0n) is 10.7. The van der Waals surface area contributed by atoms with Gasteiger partial charge in [0.05, 0.1) is 0 Å². The molecule has 3 rings (SSSR count). The Bertz CT molecular complexity index is 826. The van der Waals surface area contributed by atoms with E-state index in [1.807, 2.05) is 0 Å². The van der Waals surface area contributed by atoms with Crippen molar-refractivity contribution < 1.29 is 13.9 Å². The Morgan fingerprint density at radius 2 is 2.00 bits per heavy atom. The van der Waals surface area contributed by atoms with Crippen LogP contribution in [-0.4, -0.2) is 27.4 Å². The van der Waals surface area contributed by atoms with E-state index in [1.54, 1.807) is 24.3 Å². The second-order valence-corrected chi connectivity index (χ2v) is 4.15. The molecule has 1 amide bonds. The zero-order chi connectivity index (χ0) is 14.7. The number of rotatable bonds is 4. The van der Waals surface area contributed by atoms with Gasteiger partial charge in [-0.15, -0.1) is 10.2 Å². The number of nitrogens with zero attached hydrogens (tertiary/aromatic N) is 3. The van der Waals surface area contributed by atoms with E-state index in [9.17, 15) is 9.59 Å². The molecule has 1 N–H and O–H groups in total. The molecule has 0 bridgehead atoms. The van der Waals surface area contributed by atoms with Crippen LogP contribution in [0, 0.1) is 0 Å². The highest BCUT2D eigenvalue weighted by atomic mass is 16.5. The maximum Gasteiger partial charge on any atom is 0.336 e. The van der Waals surface area contributed by atoms with Gasteiger partial charge < -0.3 is 9.15 Å². The van der Waals surface area contributed by atoms with Gasteiger partial charge in [-0.05, 0) is 18.2 Å².